The second-order valence-electron chi connectivity index (χ2n) is 8.77. The van der Waals surface area contributed by atoms with Crippen LogP contribution in [0.5, 0.6) is 11.5 Å². The number of hydrogen-bond donors (Lipinski definition) is 1. The summed E-state index contributed by atoms with van der Waals surface area (Å²) in [6.07, 6.45) is 5.49. The summed E-state index contributed by atoms with van der Waals surface area (Å²) in [4.78, 5) is 19.1. The Bertz CT molecular complexity index is 1590. The van der Waals surface area contributed by atoms with Crippen LogP contribution in [0, 0.1) is 24.2 Å². The molecule has 174 valence electrons. The molecular formula is C25H21ClN8O. The number of aromatic amines is 1. The predicted octanol–water partition coefficient (Wildman–Crippen LogP) is 4.58. The van der Waals surface area contributed by atoms with Gasteiger partial charge in [-0.25, -0.2) is 9.97 Å². The van der Waals surface area contributed by atoms with Gasteiger partial charge in [0.15, 0.2) is 0 Å². The maximum absolute atomic E-state index is 8.79. The standard InChI is InChI=1S/C25H21ClN8O/c1-15-30-19-3-2-18(8-21(19)31-15)35-23-5-4-20-25(24(23)26)32-22(10-28-20)17-9-29-34(14-17)13-16-11-33(12-16)7-6-27/h2-5,8-10,14,16H,7,11-13H2,1H3,(H,30,31). The number of rotatable bonds is 6. The van der Waals surface area contributed by atoms with E-state index in [4.69, 9.17) is 26.6 Å². The van der Waals surface area contributed by atoms with Crippen LogP contribution in [-0.4, -0.2) is 54.3 Å². The van der Waals surface area contributed by atoms with Gasteiger partial charge in [0.2, 0.25) is 0 Å². The molecule has 0 aliphatic carbocycles. The number of ether oxygens (including phenoxy) is 1. The third-order valence-corrected chi connectivity index (χ3v) is 6.48. The highest BCUT2D eigenvalue weighted by Gasteiger charge is 2.26. The molecule has 0 saturated carbocycles. The number of aromatic nitrogens is 6. The van der Waals surface area contributed by atoms with E-state index < -0.39 is 0 Å². The van der Waals surface area contributed by atoms with Gasteiger partial charge in [-0.3, -0.25) is 14.6 Å². The summed E-state index contributed by atoms with van der Waals surface area (Å²) >= 11 is 6.72. The number of fused-ring (bicyclic) bond motifs is 2. The van der Waals surface area contributed by atoms with Crippen LogP contribution < -0.4 is 4.74 Å². The van der Waals surface area contributed by atoms with Crippen LogP contribution in [0.15, 0.2) is 48.9 Å². The summed E-state index contributed by atoms with van der Waals surface area (Å²) in [7, 11) is 0. The molecule has 0 spiro atoms. The molecule has 0 radical (unpaired) electrons. The van der Waals surface area contributed by atoms with Crippen LogP contribution in [-0.2, 0) is 6.54 Å². The van der Waals surface area contributed by atoms with E-state index in [1.807, 2.05) is 42.1 Å². The second kappa shape index (κ2) is 8.65. The van der Waals surface area contributed by atoms with Gasteiger partial charge in [0.25, 0.3) is 0 Å². The fourth-order valence-electron chi connectivity index (χ4n) is 4.43. The van der Waals surface area contributed by atoms with E-state index in [1.54, 1.807) is 18.5 Å². The van der Waals surface area contributed by atoms with Crippen LogP contribution in [0.2, 0.25) is 5.02 Å². The quantitative estimate of drug-likeness (QED) is 0.351. The highest BCUT2D eigenvalue weighted by Crippen LogP contribution is 2.35. The van der Waals surface area contributed by atoms with Crippen molar-refractivity contribution in [2.45, 2.75) is 13.5 Å². The van der Waals surface area contributed by atoms with Gasteiger partial charge >= 0.3 is 0 Å². The number of hydrogen-bond acceptors (Lipinski definition) is 7. The molecule has 35 heavy (non-hydrogen) atoms. The molecule has 0 amide bonds. The summed E-state index contributed by atoms with van der Waals surface area (Å²) in [5, 5.41) is 13.7. The number of aryl methyl sites for hydroxylation is 1. The molecule has 5 aromatic rings. The summed E-state index contributed by atoms with van der Waals surface area (Å²) in [5.74, 6) is 2.50. The number of H-pyrrole nitrogens is 1. The molecule has 6 rings (SSSR count). The first-order chi connectivity index (χ1) is 17.1. The predicted molar refractivity (Wildman–Crippen MR) is 132 cm³/mol. The molecule has 1 N–H and O–H groups in total. The Morgan fingerprint density at radius 1 is 1.17 bits per heavy atom. The first kappa shape index (κ1) is 21.5. The zero-order valence-electron chi connectivity index (χ0n) is 18.9. The molecular weight excluding hydrogens is 464 g/mol. The first-order valence-electron chi connectivity index (χ1n) is 11.3. The maximum atomic E-state index is 8.79. The molecule has 2 aromatic carbocycles. The van der Waals surface area contributed by atoms with Crippen LogP contribution in [0.4, 0.5) is 0 Å². The number of halogens is 1. The lowest BCUT2D eigenvalue weighted by Crippen LogP contribution is -2.48. The number of likely N-dealkylation sites (tertiary alicyclic amines) is 1. The van der Waals surface area contributed by atoms with E-state index in [1.165, 1.54) is 0 Å². The summed E-state index contributed by atoms with van der Waals surface area (Å²) in [6, 6.07) is 11.5. The highest BCUT2D eigenvalue weighted by molar-refractivity contribution is 6.36. The van der Waals surface area contributed by atoms with E-state index in [-0.39, 0.29) is 0 Å². The van der Waals surface area contributed by atoms with Crippen LogP contribution in [0.1, 0.15) is 5.82 Å². The number of benzene rings is 2. The molecule has 0 atom stereocenters. The monoisotopic (exact) mass is 484 g/mol. The lowest BCUT2D eigenvalue weighted by Gasteiger charge is -2.37. The molecule has 4 heterocycles. The van der Waals surface area contributed by atoms with E-state index in [0.29, 0.717) is 45.7 Å². The molecule has 9 nitrogen and oxygen atoms in total. The summed E-state index contributed by atoms with van der Waals surface area (Å²) in [6.45, 7) is 5.05. The van der Waals surface area contributed by atoms with Crippen molar-refractivity contribution in [3.63, 3.8) is 0 Å². The average Bonchev–Trinajstić information content (AvgIpc) is 3.45. The Morgan fingerprint density at radius 2 is 2.03 bits per heavy atom. The Balaban J connectivity index is 1.24. The lowest BCUT2D eigenvalue weighted by atomic mass is 10.0. The Morgan fingerprint density at radius 3 is 2.89 bits per heavy atom. The zero-order valence-corrected chi connectivity index (χ0v) is 19.7. The van der Waals surface area contributed by atoms with Crippen molar-refractivity contribution in [1.29, 1.82) is 5.26 Å². The molecule has 10 heteroatoms. The summed E-state index contributed by atoms with van der Waals surface area (Å²) < 4.78 is 8.01. The van der Waals surface area contributed by atoms with Gasteiger partial charge in [-0.15, -0.1) is 0 Å². The highest BCUT2D eigenvalue weighted by atomic mass is 35.5. The SMILES string of the molecule is Cc1nc2ccc(Oc3ccc4ncc(-c5cnn(CC6CN(CC#N)C6)c5)nc4c3Cl)cc2[nH]1. The minimum absolute atomic E-state index is 0.400. The van der Waals surface area contributed by atoms with E-state index >= 15 is 0 Å². The average molecular weight is 485 g/mol. The largest absolute Gasteiger partial charge is 0.456 e. The Kier molecular flexibility index (Phi) is 5.32. The molecule has 1 fully saturated rings. The molecule has 1 saturated heterocycles. The van der Waals surface area contributed by atoms with Gasteiger partial charge in [0.05, 0.1) is 47.3 Å². The number of nitriles is 1. The van der Waals surface area contributed by atoms with Crippen LogP contribution in [0.25, 0.3) is 33.3 Å². The van der Waals surface area contributed by atoms with Crippen molar-refractivity contribution in [2.75, 3.05) is 19.6 Å². The normalized spacial score (nSPS) is 14.3. The lowest BCUT2D eigenvalue weighted by molar-refractivity contribution is 0.101. The third-order valence-electron chi connectivity index (χ3n) is 6.12. The maximum Gasteiger partial charge on any atom is 0.148 e. The zero-order chi connectivity index (χ0) is 23.9. The number of imidazole rings is 1. The molecule has 1 aliphatic heterocycles. The minimum atomic E-state index is 0.400. The third kappa shape index (κ3) is 4.18. The van der Waals surface area contributed by atoms with Crippen LogP contribution >= 0.6 is 11.6 Å². The van der Waals surface area contributed by atoms with E-state index in [2.05, 4.69) is 31.0 Å². The van der Waals surface area contributed by atoms with E-state index in [0.717, 1.165) is 42.1 Å². The number of nitrogens with one attached hydrogen (secondary N) is 1. The second-order valence-corrected chi connectivity index (χ2v) is 9.15. The molecule has 0 bridgehead atoms. The van der Waals surface area contributed by atoms with Gasteiger partial charge in [-0.2, -0.15) is 10.4 Å². The molecule has 3 aromatic heterocycles. The van der Waals surface area contributed by atoms with Crippen molar-refractivity contribution < 1.29 is 4.74 Å². The fourth-order valence-corrected chi connectivity index (χ4v) is 4.67. The topological polar surface area (TPSA) is 109 Å². The van der Waals surface area contributed by atoms with Crippen molar-refractivity contribution in [3.8, 4) is 28.8 Å². The minimum Gasteiger partial charge on any atom is -0.456 e. The Labute approximate surface area is 206 Å². The molecule has 0 unspecified atom stereocenters. The van der Waals surface area contributed by atoms with Crippen LogP contribution in [0.3, 0.4) is 0 Å². The van der Waals surface area contributed by atoms with Gasteiger partial charge in [0.1, 0.15) is 27.9 Å². The fraction of sp³-hybridized carbons (Fsp3) is 0.240. The van der Waals surface area contributed by atoms with Crippen molar-refractivity contribution in [2.24, 2.45) is 5.92 Å². The van der Waals surface area contributed by atoms with Gasteiger partial charge in [-0.1, -0.05) is 11.6 Å². The van der Waals surface area contributed by atoms with Crippen molar-refractivity contribution in [3.05, 3.63) is 59.8 Å². The van der Waals surface area contributed by atoms with E-state index in [9.17, 15) is 0 Å². The summed E-state index contributed by atoms with van der Waals surface area (Å²) in [5.41, 5.74) is 4.60. The first-order valence-corrected chi connectivity index (χ1v) is 11.6. The van der Waals surface area contributed by atoms with Crippen molar-refractivity contribution >= 4 is 33.7 Å². The van der Waals surface area contributed by atoms with Crippen molar-refractivity contribution in [1.82, 2.24) is 34.6 Å². The van der Waals surface area contributed by atoms with Gasteiger partial charge < -0.3 is 9.72 Å². The van der Waals surface area contributed by atoms with Gasteiger partial charge in [-0.05, 0) is 31.2 Å². The number of nitrogens with zero attached hydrogens (tertiary/aromatic N) is 7. The molecule has 1 aliphatic rings. The Hall–Kier alpha value is -4.00. The smallest absolute Gasteiger partial charge is 0.148 e. The van der Waals surface area contributed by atoms with Gasteiger partial charge in [0, 0.05) is 43.4 Å².